The minimum atomic E-state index is -0.983. The highest BCUT2D eigenvalue weighted by molar-refractivity contribution is 5.82. The van der Waals surface area contributed by atoms with Crippen LogP contribution >= 0.6 is 0 Å². The summed E-state index contributed by atoms with van der Waals surface area (Å²) >= 11 is 0. The molecule has 0 radical (unpaired) electrons. The first-order chi connectivity index (χ1) is 10.1. The molecule has 2 N–H and O–H groups in total. The molecule has 1 aromatic rings. The van der Waals surface area contributed by atoms with Crippen LogP contribution in [-0.2, 0) is 9.59 Å². The zero-order valence-corrected chi connectivity index (χ0v) is 13.2. The van der Waals surface area contributed by atoms with E-state index < -0.39 is 29.3 Å². The predicted octanol–water partition coefficient (Wildman–Crippen LogP) is 2.60. The molecular weight excluding hydrogens is 289 g/mol. The Balaban J connectivity index is 2.72. The van der Waals surface area contributed by atoms with E-state index >= 15 is 0 Å². The summed E-state index contributed by atoms with van der Waals surface area (Å²) in [7, 11) is 0. The summed E-state index contributed by atoms with van der Waals surface area (Å²) in [6.45, 7) is 6.93. The van der Waals surface area contributed by atoms with Gasteiger partial charge in [-0.05, 0) is 44.0 Å². The van der Waals surface area contributed by atoms with Crippen LogP contribution in [0, 0.1) is 11.7 Å². The Bertz CT molecular complexity index is 529. The second-order valence-corrected chi connectivity index (χ2v) is 5.85. The van der Waals surface area contributed by atoms with Crippen LogP contribution < -0.4 is 10.1 Å². The molecule has 122 valence electrons. The first-order valence-electron chi connectivity index (χ1n) is 7.10. The van der Waals surface area contributed by atoms with E-state index in [9.17, 15) is 14.0 Å². The van der Waals surface area contributed by atoms with Crippen LogP contribution in [0.15, 0.2) is 24.3 Å². The van der Waals surface area contributed by atoms with Crippen molar-refractivity contribution in [3.05, 3.63) is 30.1 Å². The third kappa shape index (κ3) is 5.02. The van der Waals surface area contributed by atoms with Crippen molar-refractivity contribution in [2.24, 2.45) is 5.92 Å². The maximum absolute atomic E-state index is 12.8. The normalized spacial score (nSPS) is 15.0. The van der Waals surface area contributed by atoms with Crippen molar-refractivity contribution in [3.63, 3.8) is 0 Å². The third-order valence-electron chi connectivity index (χ3n) is 3.70. The maximum atomic E-state index is 12.8. The topological polar surface area (TPSA) is 75.6 Å². The van der Waals surface area contributed by atoms with E-state index in [2.05, 4.69) is 5.32 Å². The van der Waals surface area contributed by atoms with Crippen LogP contribution in [0.4, 0.5) is 4.39 Å². The van der Waals surface area contributed by atoms with Gasteiger partial charge < -0.3 is 15.2 Å². The first kappa shape index (κ1) is 17.9. The van der Waals surface area contributed by atoms with E-state index in [4.69, 9.17) is 9.84 Å². The minimum Gasteiger partial charge on any atom is -0.481 e. The summed E-state index contributed by atoms with van der Waals surface area (Å²) in [4.78, 5) is 23.2. The number of carboxylic acid groups (broad SMARTS) is 1. The molecule has 0 aliphatic carbocycles. The molecule has 1 aromatic carbocycles. The van der Waals surface area contributed by atoms with Crippen molar-refractivity contribution in [1.29, 1.82) is 0 Å². The number of benzene rings is 1. The van der Waals surface area contributed by atoms with Gasteiger partial charge in [-0.2, -0.15) is 0 Å². The van der Waals surface area contributed by atoms with Gasteiger partial charge in [-0.3, -0.25) is 9.59 Å². The Morgan fingerprint density at radius 2 is 1.82 bits per heavy atom. The highest BCUT2D eigenvalue weighted by atomic mass is 19.1. The monoisotopic (exact) mass is 311 g/mol. The summed E-state index contributed by atoms with van der Waals surface area (Å²) < 4.78 is 18.3. The Hall–Kier alpha value is -2.11. The lowest BCUT2D eigenvalue weighted by molar-refractivity contribution is -0.140. The second-order valence-electron chi connectivity index (χ2n) is 5.85. The second kappa shape index (κ2) is 7.24. The van der Waals surface area contributed by atoms with E-state index in [0.29, 0.717) is 5.75 Å². The molecule has 1 amide bonds. The molecule has 0 aliphatic rings. The number of aliphatic carboxylic acids is 1. The van der Waals surface area contributed by atoms with Gasteiger partial charge in [0.05, 0.1) is 12.0 Å². The molecule has 0 fully saturated rings. The smallest absolute Gasteiger partial charge is 0.305 e. The lowest BCUT2D eigenvalue weighted by atomic mass is 9.85. The number of ether oxygens (including phenoxy) is 1. The van der Waals surface area contributed by atoms with Crippen LogP contribution in [-0.4, -0.2) is 28.6 Å². The minimum absolute atomic E-state index is 0.0643. The molecular formula is C16H22FNO4. The van der Waals surface area contributed by atoms with E-state index in [1.165, 1.54) is 24.3 Å². The average Bonchev–Trinajstić information content (AvgIpc) is 2.40. The number of halogens is 1. The predicted molar refractivity (Wildman–Crippen MR) is 80.1 cm³/mol. The molecule has 0 heterocycles. The number of amides is 1. The van der Waals surface area contributed by atoms with Crippen LogP contribution in [0.3, 0.4) is 0 Å². The molecule has 0 aliphatic heterocycles. The fourth-order valence-electron chi connectivity index (χ4n) is 1.86. The molecule has 5 nitrogen and oxygen atoms in total. The zero-order chi connectivity index (χ0) is 16.9. The van der Waals surface area contributed by atoms with Gasteiger partial charge in [0.15, 0.2) is 6.10 Å². The fraction of sp³-hybridized carbons (Fsp3) is 0.500. The molecule has 0 saturated carbocycles. The number of carbonyl (C=O) groups excluding carboxylic acids is 1. The van der Waals surface area contributed by atoms with Crippen molar-refractivity contribution < 1.29 is 23.8 Å². The van der Waals surface area contributed by atoms with E-state index in [1.807, 2.05) is 13.8 Å². The largest absolute Gasteiger partial charge is 0.481 e. The van der Waals surface area contributed by atoms with Crippen molar-refractivity contribution >= 4 is 11.9 Å². The van der Waals surface area contributed by atoms with Crippen molar-refractivity contribution in [1.82, 2.24) is 5.32 Å². The number of hydrogen-bond acceptors (Lipinski definition) is 3. The van der Waals surface area contributed by atoms with E-state index in [1.54, 1.807) is 13.8 Å². The standard InChI is InChI=1S/C16H22FNO4/c1-10(2)16(4,9-14(19)20)18-15(21)11(3)22-13-7-5-12(17)6-8-13/h5-8,10-11H,9H2,1-4H3,(H,18,21)(H,19,20). The third-order valence-corrected chi connectivity index (χ3v) is 3.70. The molecule has 0 aromatic heterocycles. The van der Waals surface area contributed by atoms with Gasteiger partial charge in [0.25, 0.3) is 5.91 Å². The van der Waals surface area contributed by atoms with Crippen molar-refractivity contribution in [3.8, 4) is 5.75 Å². The summed E-state index contributed by atoms with van der Waals surface area (Å²) in [5, 5.41) is 11.7. The van der Waals surface area contributed by atoms with Gasteiger partial charge in [-0.1, -0.05) is 13.8 Å². The molecule has 1 rings (SSSR count). The quantitative estimate of drug-likeness (QED) is 0.811. The SMILES string of the molecule is CC(Oc1ccc(F)cc1)C(=O)NC(C)(CC(=O)O)C(C)C. The van der Waals surface area contributed by atoms with Gasteiger partial charge in [0, 0.05) is 0 Å². The van der Waals surface area contributed by atoms with E-state index in [0.717, 1.165) is 0 Å². The molecule has 0 saturated heterocycles. The Morgan fingerprint density at radius 1 is 1.27 bits per heavy atom. The molecule has 2 unspecified atom stereocenters. The van der Waals surface area contributed by atoms with Crippen molar-refractivity contribution in [2.75, 3.05) is 0 Å². The lowest BCUT2D eigenvalue weighted by Crippen LogP contribution is -2.54. The fourth-order valence-corrected chi connectivity index (χ4v) is 1.86. The number of rotatable bonds is 7. The molecule has 2 atom stereocenters. The highest BCUT2D eigenvalue weighted by Gasteiger charge is 2.34. The summed E-state index contributed by atoms with van der Waals surface area (Å²) in [6, 6.07) is 5.33. The van der Waals surface area contributed by atoms with Crippen LogP contribution in [0.5, 0.6) is 5.75 Å². The number of carboxylic acids is 1. The summed E-state index contributed by atoms with van der Waals surface area (Å²) in [5.74, 6) is -1.48. The number of nitrogens with one attached hydrogen (secondary N) is 1. The molecule has 0 spiro atoms. The van der Waals surface area contributed by atoms with Crippen LogP contribution in [0.25, 0.3) is 0 Å². The highest BCUT2D eigenvalue weighted by Crippen LogP contribution is 2.21. The average molecular weight is 311 g/mol. The van der Waals surface area contributed by atoms with E-state index in [-0.39, 0.29) is 12.3 Å². The Kier molecular flexibility index (Phi) is 5.91. The maximum Gasteiger partial charge on any atom is 0.305 e. The van der Waals surface area contributed by atoms with Crippen LogP contribution in [0.1, 0.15) is 34.1 Å². The molecule has 22 heavy (non-hydrogen) atoms. The van der Waals surface area contributed by atoms with Gasteiger partial charge in [0.2, 0.25) is 0 Å². The Morgan fingerprint density at radius 3 is 2.27 bits per heavy atom. The lowest BCUT2D eigenvalue weighted by Gasteiger charge is -2.34. The van der Waals surface area contributed by atoms with Crippen LogP contribution in [0.2, 0.25) is 0 Å². The number of hydrogen-bond donors (Lipinski definition) is 2. The van der Waals surface area contributed by atoms with Gasteiger partial charge in [0.1, 0.15) is 11.6 Å². The molecule has 0 bridgehead atoms. The first-order valence-corrected chi connectivity index (χ1v) is 7.10. The van der Waals surface area contributed by atoms with Gasteiger partial charge >= 0.3 is 5.97 Å². The Labute approximate surface area is 129 Å². The summed E-state index contributed by atoms with van der Waals surface area (Å²) in [6.07, 6.45) is -1.00. The molecule has 6 heteroatoms. The van der Waals surface area contributed by atoms with Gasteiger partial charge in [-0.25, -0.2) is 4.39 Å². The number of carbonyl (C=O) groups is 2. The van der Waals surface area contributed by atoms with Gasteiger partial charge in [-0.15, -0.1) is 0 Å². The van der Waals surface area contributed by atoms with Crippen molar-refractivity contribution in [2.45, 2.75) is 45.8 Å². The zero-order valence-electron chi connectivity index (χ0n) is 13.2. The summed E-state index contributed by atoms with van der Waals surface area (Å²) in [5.41, 5.74) is -0.872.